The number of aliphatic hydroxyl groups excluding tert-OH is 1. The first kappa shape index (κ1) is 21.2. The molecule has 1 heterocycles. The van der Waals surface area contributed by atoms with E-state index in [2.05, 4.69) is 0 Å². The number of quaternary nitrogens is 1. The van der Waals surface area contributed by atoms with Crippen molar-refractivity contribution >= 4 is 17.3 Å². The van der Waals surface area contributed by atoms with Crippen LogP contribution in [0.15, 0.2) is 48.5 Å². The normalized spacial score (nSPS) is 23.7. The highest BCUT2D eigenvalue weighted by Crippen LogP contribution is 2.41. The lowest BCUT2D eigenvalue weighted by atomic mass is 9.75. The Bertz CT molecular complexity index is 852. The zero-order valence-electron chi connectivity index (χ0n) is 16.0. The number of anilines is 1. The van der Waals surface area contributed by atoms with E-state index in [1.54, 1.807) is 41.9 Å². The first-order valence-electron chi connectivity index (χ1n) is 9.02. The van der Waals surface area contributed by atoms with Gasteiger partial charge in [-0.3, -0.25) is 4.79 Å². The van der Waals surface area contributed by atoms with E-state index >= 15 is 0 Å². The Morgan fingerprint density at radius 2 is 1.55 bits per heavy atom. The van der Waals surface area contributed by atoms with Gasteiger partial charge in [0.05, 0.1) is 0 Å². The van der Waals surface area contributed by atoms with Crippen LogP contribution in [-0.4, -0.2) is 23.2 Å². The summed E-state index contributed by atoms with van der Waals surface area (Å²) in [6.45, 7) is 3.06. The summed E-state index contributed by atoms with van der Waals surface area (Å²) in [5.41, 5.74) is 2.01. The van der Waals surface area contributed by atoms with E-state index in [0.29, 0.717) is 16.8 Å². The maximum Gasteiger partial charge on any atom is 0.320 e. The van der Waals surface area contributed by atoms with Crippen molar-refractivity contribution in [1.29, 1.82) is 0 Å². The van der Waals surface area contributed by atoms with Gasteiger partial charge in [0, 0.05) is 19.5 Å². The summed E-state index contributed by atoms with van der Waals surface area (Å²) in [6, 6.07) is 12.3. The molecule has 2 aromatic carbocycles. The minimum atomic E-state index is -1.46. The molecule has 156 valence electrons. The van der Waals surface area contributed by atoms with E-state index in [1.807, 2.05) is 0 Å². The summed E-state index contributed by atoms with van der Waals surface area (Å²) >= 11 is 0. The number of benzene rings is 2. The van der Waals surface area contributed by atoms with Gasteiger partial charge in [-0.2, -0.15) is 0 Å². The van der Waals surface area contributed by atoms with Gasteiger partial charge in [0.2, 0.25) is 5.79 Å². The molecule has 0 radical (unpaired) electrons. The summed E-state index contributed by atoms with van der Waals surface area (Å²) in [7, 11) is 0. The van der Waals surface area contributed by atoms with Gasteiger partial charge in [-0.15, -0.1) is 0 Å². The van der Waals surface area contributed by atoms with Crippen molar-refractivity contribution in [2.45, 2.75) is 38.8 Å². The molecule has 1 fully saturated rings. The molecule has 0 saturated carbocycles. The van der Waals surface area contributed by atoms with Crippen LogP contribution >= 0.6 is 0 Å². The van der Waals surface area contributed by atoms with Crippen molar-refractivity contribution in [3.63, 3.8) is 0 Å². The summed E-state index contributed by atoms with van der Waals surface area (Å²) < 4.78 is 11.0. The Hall–Kier alpha value is -2.53. The predicted octanol–water partition coefficient (Wildman–Crippen LogP) is 1.51. The fraction of sp³-hybridized carbons (Fsp3) is 0.350. The van der Waals surface area contributed by atoms with Gasteiger partial charge in [0.1, 0.15) is 11.1 Å². The van der Waals surface area contributed by atoms with Crippen molar-refractivity contribution in [1.82, 2.24) is 0 Å². The molecular weight excluding hydrogens is 380 g/mol. The molecule has 2 atom stereocenters. The number of ether oxygens (including phenoxy) is 2. The Labute approximate surface area is 167 Å². The van der Waals surface area contributed by atoms with E-state index < -0.39 is 28.7 Å². The molecule has 9 heteroatoms. The first-order chi connectivity index (χ1) is 13.6. The van der Waals surface area contributed by atoms with Gasteiger partial charge in [-0.25, -0.2) is 0 Å². The standard InChI is InChI=1S/C20H22N2O7/c1-19(2)28-17(23)20(18(24)29-19,11-13-3-7-15(21-25)8-4-13)12-14-5-9-16(10-6-14)22(26)27/h3-10,17,21-23H,11-12H2,1-2H3/q-2. The van der Waals surface area contributed by atoms with Gasteiger partial charge in [0.25, 0.3) is 0 Å². The van der Waals surface area contributed by atoms with Crippen LogP contribution in [0.2, 0.25) is 0 Å². The maximum atomic E-state index is 13.0. The number of esters is 1. The molecule has 1 aliphatic rings. The van der Waals surface area contributed by atoms with Crippen LogP contribution in [-0.2, 0) is 27.1 Å². The van der Waals surface area contributed by atoms with Gasteiger partial charge in [0.15, 0.2) is 6.29 Å². The Morgan fingerprint density at radius 1 is 1.03 bits per heavy atom. The summed E-state index contributed by atoms with van der Waals surface area (Å²) in [4.78, 5) is 13.0. The third-order valence-electron chi connectivity index (χ3n) is 4.91. The van der Waals surface area contributed by atoms with E-state index in [4.69, 9.17) is 9.47 Å². The van der Waals surface area contributed by atoms with Crippen LogP contribution in [0.3, 0.4) is 0 Å². The zero-order chi connectivity index (χ0) is 21.2. The van der Waals surface area contributed by atoms with Crippen LogP contribution in [0, 0.1) is 21.0 Å². The fourth-order valence-corrected chi connectivity index (χ4v) is 3.39. The zero-order valence-corrected chi connectivity index (χ0v) is 16.0. The number of hydrogen-bond acceptors (Lipinski definition) is 8. The molecule has 0 bridgehead atoms. The molecule has 1 aliphatic heterocycles. The topological polar surface area (TPSA) is 141 Å². The second-order valence-electron chi connectivity index (χ2n) is 7.55. The van der Waals surface area contributed by atoms with E-state index in [-0.39, 0.29) is 18.5 Å². The third-order valence-corrected chi connectivity index (χ3v) is 4.91. The minimum absolute atomic E-state index is 0.00709. The second kappa shape index (κ2) is 8.07. The Balaban J connectivity index is 1.95. The number of cyclic esters (lactones) is 1. The van der Waals surface area contributed by atoms with Gasteiger partial charge in [-0.05, 0) is 48.2 Å². The minimum Gasteiger partial charge on any atom is -0.761 e. The fourth-order valence-electron chi connectivity index (χ4n) is 3.39. The molecule has 2 aromatic rings. The highest BCUT2D eigenvalue weighted by Gasteiger charge is 2.55. The van der Waals surface area contributed by atoms with Gasteiger partial charge < -0.3 is 40.9 Å². The highest BCUT2D eigenvalue weighted by molar-refractivity contribution is 5.79. The van der Waals surface area contributed by atoms with Gasteiger partial charge in [-0.1, -0.05) is 24.3 Å². The van der Waals surface area contributed by atoms with Crippen LogP contribution in [0.25, 0.3) is 0 Å². The molecule has 0 aliphatic carbocycles. The molecule has 1 saturated heterocycles. The summed E-state index contributed by atoms with van der Waals surface area (Å²) in [5.74, 6) is -1.91. The van der Waals surface area contributed by atoms with Crippen molar-refractivity contribution in [3.05, 3.63) is 75.3 Å². The predicted molar refractivity (Wildman–Crippen MR) is 104 cm³/mol. The number of aliphatic hydroxyl groups is 1. The lowest BCUT2D eigenvalue weighted by Gasteiger charge is -2.45. The van der Waals surface area contributed by atoms with Crippen LogP contribution < -0.4 is 10.7 Å². The number of carbonyl (C=O) groups excluding carboxylic acids is 1. The van der Waals surface area contributed by atoms with Crippen molar-refractivity contribution < 1.29 is 24.6 Å². The molecule has 3 rings (SSSR count). The van der Waals surface area contributed by atoms with E-state index in [0.717, 1.165) is 0 Å². The second-order valence-corrected chi connectivity index (χ2v) is 7.55. The average molecular weight is 402 g/mol. The van der Waals surface area contributed by atoms with Crippen LogP contribution in [0.4, 0.5) is 11.4 Å². The SMILES string of the molecule is CC1(C)OC(=O)C(Cc2ccc(N[O-])cc2)(Cc2ccc([NH+]([O-])[O-])cc2)C(O)O1. The van der Waals surface area contributed by atoms with Crippen LogP contribution in [0.5, 0.6) is 0 Å². The molecule has 0 amide bonds. The third kappa shape index (κ3) is 4.56. The van der Waals surface area contributed by atoms with Crippen LogP contribution in [0.1, 0.15) is 25.0 Å². The number of carbonyl (C=O) groups is 1. The van der Waals surface area contributed by atoms with Crippen molar-refractivity contribution in [2.75, 3.05) is 5.48 Å². The molecule has 29 heavy (non-hydrogen) atoms. The lowest BCUT2D eigenvalue weighted by molar-refractivity contribution is -0.715. The first-order valence-corrected chi connectivity index (χ1v) is 9.02. The van der Waals surface area contributed by atoms with Crippen molar-refractivity contribution in [2.24, 2.45) is 5.41 Å². The quantitative estimate of drug-likeness (QED) is 0.488. The molecule has 3 N–H and O–H groups in total. The van der Waals surface area contributed by atoms with Crippen molar-refractivity contribution in [3.8, 4) is 0 Å². The molecule has 0 spiro atoms. The van der Waals surface area contributed by atoms with E-state index in [9.17, 15) is 25.5 Å². The number of hydrogen-bond donors (Lipinski definition) is 3. The monoisotopic (exact) mass is 402 g/mol. The summed E-state index contributed by atoms with van der Waals surface area (Å²) in [6.07, 6.45) is -1.32. The number of rotatable bonds is 6. The number of nitrogens with one attached hydrogen (secondary N) is 2. The van der Waals surface area contributed by atoms with E-state index in [1.165, 1.54) is 26.0 Å². The smallest absolute Gasteiger partial charge is 0.320 e. The maximum absolute atomic E-state index is 13.0. The summed E-state index contributed by atoms with van der Waals surface area (Å²) in [5, 5.41) is 42.2. The molecule has 2 unspecified atom stereocenters. The molecule has 0 aromatic heterocycles. The Morgan fingerprint density at radius 3 is 2.00 bits per heavy atom. The average Bonchev–Trinajstić information content (AvgIpc) is 2.66. The lowest BCUT2D eigenvalue weighted by Crippen LogP contribution is -2.96. The largest absolute Gasteiger partial charge is 0.761 e. The highest BCUT2D eigenvalue weighted by atomic mass is 16.8. The molecule has 9 nitrogen and oxygen atoms in total. The van der Waals surface area contributed by atoms with Gasteiger partial charge >= 0.3 is 5.97 Å². The molecular formula is C20H22N2O7-2. The Kier molecular flexibility index (Phi) is 5.90.